The van der Waals surface area contributed by atoms with Crippen molar-refractivity contribution < 1.29 is 22.8 Å². The molecule has 0 aliphatic carbocycles. The van der Waals surface area contributed by atoms with Gasteiger partial charge in [0.05, 0.1) is 11.6 Å². The molecule has 0 saturated carbocycles. The number of likely N-dealkylation sites (tertiary alicyclic amines) is 1. The summed E-state index contributed by atoms with van der Waals surface area (Å²) in [6.07, 6.45) is -2.57. The molecule has 0 radical (unpaired) electrons. The standard InChI is InChI=1S/C18H24F3N3O2/c1-12(24-8-4-5-14(11-24)10-22-13(2)25)17(26)23-16-7-3-6-15(9-16)18(19,20)21/h3,6-7,9,12,14H,4-5,8,10-11H2,1-2H3,(H,22,25)(H,23,26). The van der Waals surface area contributed by atoms with E-state index in [-0.39, 0.29) is 23.4 Å². The lowest BCUT2D eigenvalue weighted by Crippen LogP contribution is -2.48. The van der Waals surface area contributed by atoms with Gasteiger partial charge in [-0.1, -0.05) is 6.07 Å². The minimum Gasteiger partial charge on any atom is -0.356 e. The molecule has 1 aromatic rings. The smallest absolute Gasteiger partial charge is 0.356 e. The average molecular weight is 371 g/mol. The van der Waals surface area contributed by atoms with Gasteiger partial charge in [-0.05, 0) is 50.4 Å². The van der Waals surface area contributed by atoms with Crippen LogP contribution in [0.4, 0.5) is 18.9 Å². The normalized spacial score (nSPS) is 19.7. The number of nitrogens with one attached hydrogen (secondary N) is 2. The van der Waals surface area contributed by atoms with Crippen LogP contribution in [0.3, 0.4) is 0 Å². The van der Waals surface area contributed by atoms with E-state index in [0.29, 0.717) is 13.1 Å². The highest BCUT2D eigenvalue weighted by atomic mass is 19.4. The zero-order valence-electron chi connectivity index (χ0n) is 14.9. The number of nitrogens with zero attached hydrogens (tertiary/aromatic N) is 1. The minimum absolute atomic E-state index is 0.0857. The number of hydrogen-bond donors (Lipinski definition) is 2. The Kier molecular flexibility index (Phi) is 6.63. The lowest BCUT2D eigenvalue weighted by atomic mass is 9.96. The zero-order chi connectivity index (χ0) is 19.3. The first-order chi connectivity index (χ1) is 12.2. The van der Waals surface area contributed by atoms with Crippen LogP contribution in [0.25, 0.3) is 0 Å². The number of halogens is 3. The lowest BCUT2D eigenvalue weighted by molar-refractivity contribution is -0.137. The number of amides is 2. The van der Waals surface area contributed by atoms with Crippen LogP contribution in [0.2, 0.25) is 0 Å². The first-order valence-electron chi connectivity index (χ1n) is 8.63. The summed E-state index contributed by atoms with van der Waals surface area (Å²) in [7, 11) is 0. The maximum absolute atomic E-state index is 12.8. The summed E-state index contributed by atoms with van der Waals surface area (Å²) in [4.78, 5) is 25.5. The summed E-state index contributed by atoms with van der Waals surface area (Å²) in [5.41, 5.74) is -0.667. The molecule has 144 valence electrons. The maximum atomic E-state index is 12.8. The maximum Gasteiger partial charge on any atom is 0.416 e. The van der Waals surface area contributed by atoms with E-state index in [1.54, 1.807) is 6.92 Å². The highest BCUT2D eigenvalue weighted by Crippen LogP contribution is 2.30. The van der Waals surface area contributed by atoms with E-state index in [1.807, 2.05) is 4.90 Å². The molecule has 2 rings (SSSR count). The molecule has 1 saturated heterocycles. The largest absolute Gasteiger partial charge is 0.416 e. The van der Waals surface area contributed by atoms with Gasteiger partial charge < -0.3 is 10.6 Å². The topological polar surface area (TPSA) is 61.4 Å². The molecule has 2 N–H and O–H groups in total. The van der Waals surface area contributed by atoms with E-state index < -0.39 is 17.8 Å². The Labute approximate surface area is 150 Å². The van der Waals surface area contributed by atoms with Gasteiger partial charge in [0.1, 0.15) is 0 Å². The Morgan fingerprint density at radius 3 is 2.73 bits per heavy atom. The Balaban J connectivity index is 1.95. The van der Waals surface area contributed by atoms with Gasteiger partial charge in [-0.2, -0.15) is 13.2 Å². The molecule has 5 nitrogen and oxygen atoms in total. The molecule has 1 aliphatic heterocycles. The van der Waals surface area contributed by atoms with E-state index in [1.165, 1.54) is 19.1 Å². The molecule has 0 spiro atoms. The molecule has 2 amide bonds. The van der Waals surface area contributed by atoms with Crippen LogP contribution in [0.1, 0.15) is 32.3 Å². The molecule has 0 aromatic heterocycles. The Bertz CT molecular complexity index is 649. The van der Waals surface area contributed by atoms with Crippen molar-refractivity contribution in [3.63, 3.8) is 0 Å². The fourth-order valence-electron chi connectivity index (χ4n) is 3.09. The molecule has 0 bridgehead atoms. The van der Waals surface area contributed by atoms with Crippen molar-refractivity contribution in [2.24, 2.45) is 5.92 Å². The van der Waals surface area contributed by atoms with Gasteiger partial charge in [0.15, 0.2) is 0 Å². The highest BCUT2D eigenvalue weighted by molar-refractivity contribution is 5.94. The van der Waals surface area contributed by atoms with Crippen molar-refractivity contribution in [3.05, 3.63) is 29.8 Å². The molecule has 1 aromatic carbocycles. The van der Waals surface area contributed by atoms with Gasteiger partial charge in [-0.3, -0.25) is 14.5 Å². The second-order valence-corrected chi connectivity index (χ2v) is 6.68. The summed E-state index contributed by atoms with van der Waals surface area (Å²) >= 11 is 0. The predicted octanol–water partition coefficient (Wildman–Crippen LogP) is 2.88. The Morgan fingerprint density at radius 2 is 2.08 bits per heavy atom. The Morgan fingerprint density at radius 1 is 1.35 bits per heavy atom. The molecule has 2 atom stereocenters. The number of piperidine rings is 1. The summed E-state index contributed by atoms with van der Waals surface area (Å²) in [6.45, 7) is 5.18. The number of carbonyl (C=O) groups excluding carboxylic acids is 2. The molecule has 2 unspecified atom stereocenters. The quantitative estimate of drug-likeness (QED) is 0.837. The summed E-state index contributed by atoms with van der Waals surface area (Å²) < 4.78 is 38.3. The number of alkyl halides is 3. The summed E-state index contributed by atoms with van der Waals surface area (Å²) in [6, 6.07) is 4.14. The van der Waals surface area contributed by atoms with E-state index in [2.05, 4.69) is 10.6 Å². The highest BCUT2D eigenvalue weighted by Gasteiger charge is 2.31. The monoisotopic (exact) mass is 371 g/mol. The van der Waals surface area contributed by atoms with Gasteiger partial charge in [0.2, 0.25) is 11.8 Å². The average Bonchev–Trinajstić information content (AvgIpc) is 2.59. The van der Waals surface area contributed by atoms with Crippen LogP contribution in [0.15, 0.2) is 24.3 Å². The second kappa shape index (κ2) is 8.53. The molecule has 1 aliphatic rings. The van der Waals surface area contributed by atoms with E-state index in [4.69, 9.17) is 0 Å². The van der Waals surface area contributed by atoms with E-state index in [9.17, 15) is 22.8 Å². The zero-order valence-corrected chi connectivity index (χ0v) is 14.9. The van der Waals surface area contributed by atoms with E-state index in [0.717, 1.165) is 31.5 Å². The van der Waals surface area contributed by atoms with Crippen molar-refractivity contribution in [3.8, 4) is 0 Å². The number of carbonyl (C=O) groups is 2. The van der Waals surface area contributed by atoms with Crippen molar-refractivity contribution in [2.45, 2.75) is 38.9 Å². The molecular formula is C18H24F3N3O2. The third-order valence-electron chi connectivity index (χ3n) is 4.57. The molecule has 1 fully saturated rings. The third kappa shape index (κ3) is 5.72. The fraction of sp³-hybridized carbons (Fsp3) is 0.556. The number of rotatable bonds is 5. The fourth-order valence-corrected chi connectivity index (χ4v) is 3.09. The van der Waals surface area contributed by atoms with Crippen LogP contribution < -0.4 is 10.6 Å². The van der Waals surface area contributed by atoms with Gasteiger partial charge >= 0.3 is 6.18 Å². The van der Waals surface area contributed by atoms with Crippen LogP contribution in [-0.4, -0.2) is 42.4 Å². The number of benzene rings is 1. The van der Waals surface area contributed by atoms with Crippen molar-refractivity contribution in [1.29, 1.82) is 0 Å². The summed E-state index contributed by atoms with van der Waals surface area (Å²) in [5.74, 6) is -0.168. The molecular weight excluding hydrogens is 347 g/mol. The third-order valence-corrected chi connectivity index (χ3v) is 4.57. The molecule has 26 heavy (non-hydrogen) atoms. The van der Waals surface area contributed by atoms with Crippen LogP contribution in [0, 0.1) is 5.92 Å². The predicted molar refractivity (Wildman–Crippen MR) is 92.5 cm³/mol. The van der Waals surface area contributed by atoms with Crippen molar-refractivity contribution >= 4 is 17.5 Å². The lowest BCUT2D eigenvalue weighted by Gasteiger charge is -2.36. The summed E-state index contributed by atoms with van der Waals surface area (Å²) in [5, 5.41) is 5.36. The molecule has 1 heterocycles. The van der Waals surface area contributed by atoms with Gasteiger partial charge in [0.25, 0.3) is 0 Å². The van der Waals surface area contributed by atoms with Crippen LogP contribution in [-0.2, 0) is 15.8 Å². The van der Waals surface area contributed by atoms with E-state index >= 15 is 0 Å². The first-order valence-corrected chi connectivity index (χ1v) is 8.63. The Hall–Kier alpha value is -2.09. The van der Waals surface area contributed by atoms with Crippen molar-refractivity contribution in [1.82, 2.24) is 10.2 Å². The van der Waals surface area contributed by atoms with Gasteiger partial charge in [-0.15, -0.1) is 0 Å². The second-order valence-electron chi connectivity index (χ2n) is 6.68. The molecule has 8 heteroatoms. The minimum atomic E-state index is -4.45. The number of hydrogen-bond acceptors (Lipinski definition) is 3. The van der Waals surface area contributed by atoms with Crippen molar-refractivity contribution in [2.75, 3.05) is 25.0 Å². The van der Waals surface area contributed by atoms with Crippen LogP contribution >= 0.6 is 0 Å². The van der Waals surface area contributed by atoms with Crippen LogP contribution in [0.5, 0.6) is 0 Å². The van der Waals surface area contributed by atoms with Gasteiger partial charge in [-0.25, -0.2) is 0 Å². The van der Waals surface area contributed by atoms with Gasteiger partial charge in [0, 0.05) is 25.7 Å². The SMILES string of the molecule is CC(=O)NCC1CCCN(C(C)C(=O)Nc2cccc(C(F)(F)F)c2)C1. The number of anilines is 1. The first kappa shape index (κ1) is 20.2.